The number of hydrogen-bond donors (Lipinski definition) is 0. The van der Waals surface area contributed by atoms with Crippen molar-refractivity contribution in [1.82, 2.24) is 4.90 Å². The van der Waals surface area contributed by atoms with Gasteiger partial charge in [-0.1, -0.05) is 30.3 Å². The number of likely N-dealkylation sites (tertiary alicyclic amines) is 1. The highest BCUT2D eigenvalue weighted by molar-refractivity contribution is 5.29. The van der Waals surface area contributed by atoms with Crippen LogP contribution in [0, 0.1) is 17.2 Å². The average molecular weight is 198 g/mol. The lowest BCUT2D eigenvalue weighted by Crippen LogP contribution is -2.32. The van der Waals surface area contributed by atoms with Gasteiger partial charge in [-0.25, -0.2) is 0 Å². The number of nitriles is 1. The molecule has 0 N–H and O–H groups in total. The summed E-state index contributed by atoms with van der Waals surface area (Å²) in [7, 11) is 0. The van der Waals surface area contributed by atoms with Gasteiger partial charge in [-0.2, -0.15) is 5.26 Å². The first kappa shape index (κ1) is 8.94. The van der Waals surface area contributed by atoms with Crippen molar-refractivity contribution in [3.05, 3.63) is 35.9 Å². The molecule has 1 aliphatic carbocycles. The van der Waals surface area contributed by atoms with Crippen LogP contribution in [0.3, 0.4) is 0 Å². The van der Waals surface area contributed by atoms with Crippen molar-refractivity contribution in [2.75, 3.05) is 6.54 Å². The molecular weight excluding hydrogens is 184 g/mol. The Hall–Kier alpha value is -1.33. The largest absolute Gasteiger partial charge is 0.281 e. The second-order valence-corrected chi connectivity index (χ2v) is 4.63. The van der Waals surface area contributed by atoms with Crippen LogP contribution in [0.2, 0.25) is 0 Å². The summed E-state index contributed by atoms with van der Waals surface area (Å²) in [6.45, 7) is 2.03. The highest BCUT2D eigenvalue weighted by Crippen LogP contribution is 2.55. The monoisotopic (exact) mass is 198 g/mol. The lowest BCUT2D eigenvalue weighted by Gasteiger charge is -2.22. The van der Waals surface area contributed by atoms with Crippen LogP contribution in [0.25, 0.3) is 0 Å². The van der Waals surface area contributed by atoms with Crippen LogP contribution in [-0.2, 0) is 6.54 Å². The van der Waals surface area contributed by atoms with E-state index in [1.807, 2.05) is 6.07 Å². The zero-order chi connectivity index (χ0) is 10.3. The Morgan fingerprint density at radius 1 is 1.40 bits per heavy atom. The number of benzene rings is 1. The molecule has 1 aromatic rings. The molecule has 2 fully saturated rings. The zero-order valence-corrected chi connectivity index (χ0v) is 8.69. The molecule has 1 saturated carbocycles. The minimum absolute atomic E-state index is 0.0875. The van der Waals surface area contributed by atoms with E-state index >= 15 is 0 Å². The minimum atomic E-state index is -0.0875. The van der Waals surface area contributed by atoms with Crippen molar-refractivity contribution in [3.8, 4) is 6.07 Å². The summed E-state index contributed by atoms with van der Waals surface area (Å²) >= 11 is 0. The molecule has 0 amide bonds. The predicted molar refractivity (Wildman–Crippen MR) is 57.9 cm³/mol. The Kier molecular flexibility index (Phi) is 1.83. The van der Waals surface area contributed by atoms with E-state index in [0.29, 0.717) is 5.92 Å². The van der Waals surface area contributed by atoms with Gasteiger partial charge in [-0.05, 0) is 24.3 Å². The van der Waals surface area contributed by atoms with Gasteiger partial charge in [0.05, 0.1) is 6.07 Å². The maximum absolute atomic E-state index is 9.22. The highest BCUT2D eigenvalue weighted by atomic mass is 15.3. The number of fused-ring (bicyclic) bond motifs is 1. The van der Waals surface area contributed by atoms with E-state index in [1.54, 1.807) is 0 Å². The SMILES string of the molecule is N#C[C@@]12C[C@H]1CCN2Cc1ccccc1. The van der Waals surface area contributed by atoms with Crippen LogP contribution in [-0.4, -0.2) is 17.0 Å². The van der Waals surface area contributed by atoms with E-state index in [4.69, 9.17) is 0 Å². The maximum atomic E-state index is 9.22. The van der Waals surface area contributed by atoms with Crippen LogP contribution in [0.4, 0.5) is 0 Å². The molecule has 0 unspecified atom stereocenters. The van der Waals surface area contributed by atoms with E-state index in [9.17, 15) is 5.26 Å². The topological polar surface area (TPSA) is 27.0 Å². The summed E-state index contributed by atoms with van der Waals surface area (Å²) in [6, 6.07) is 13.0. The van der Waals surface area contributed by atoms with E-state index in [-0.39, 0.29) is 5.54 Å². The lowest BCUT2D eigenvalue weighted by atomic mass is 10.2. The first-order chi connectivity index (χ1) is 7.35. The van der Waals surface area contributed by atoms with E-state index in [2.05, 4.69) is 35.2 Å². The molecule has 3 rings (SSSR count). The lowest BCUT2D eigenvalue weighted by molar-refractivity contribution is 0.245. The Labute approximate surface area is 90.1 Å². The van der Waals surface area contributed by atoms with E-state index in [1.165, 1.54) is 12.0 Å². The van der Waals surface area contributed by atoms with Crippen LogP contribution < -0.4 is 0 Å². The molecule has 0 radical (unpaired) electrons. The fourth-order valence-corrected chi connectivity index (χ4v) is 2.79. The molecule has 1 aliphatic heterocycles. The van der Waals surface area contributed by atoms with Gasteiger partial charge in [0.1, 0.15) is 5.54 Å². The van der Waals surface area contributed by atoms with E-state index in [0.717, 1.165) is 19.5 Å². The van der Waals surface area contributed by atoms with Crippen molar-refractivity contribution in [3.63, 3.8) is 0 Å². The summed E-state index contributed by atoms with van der Waals surface area (Å²) in [4.78, 5) is 2.35. The number of nitrogens with zero attached hydrogens (tertiary/aromatic N) is 2. The molecule has 1 heterocycles. The first-order valence-corrected chi connectivity index (χ1v) is 5.55. The third kappa shape index (κ3) is 1.27. The Balaban J connectivity index is 1.78. The third-order valence-electron chi connectivity index (χ3n) is 3.79. The molecule has 2 nitrogen and oxygen atoms in total. The van der Waals surface area contributed by atoms with Gasteiger partial charge in [0.15, 0.2) is 0 Å². The number of rotatable bonds is 2. The van der Waals surface area contributed by atoms with E-state index < -0.39 is 0 Å². The van der Waals surface area contributed by atoms with Crippen molar-refractivity contribution < 1.29 is 0 Å². The Morgan fingerprint density at radius 2 is 2.20 bits per heavy atom. The second-order valence-electron chi connectivity index (χ2n) is 4.63. The molecule has 1 saturated heterocycles. The first-order valence-electron chi connectivity index (χ1n) is 5.55. The molecule has 0 aromatic heterocycles. The van der Waals surface area contributed by atoms with Crippen LogP contribution in [0.5, 0.6) is 0 Å². The molecular formula is C13H14N2. The fraction of sp³-hybridized carbons (Fsp3) is 0.462. The van der Waals surface area contributed by atoms with Crippen LogP contribution in [0.1, 0.15) is 18.4 Å². The summed E-state index contributed by atoms with van der Waals surface area (Å²) in [5, 5.41) is 9.22. The van der Waals surface area contributed by atoms with Crippen LogP contribution in [0.15, 0.2) is 30.3 Å². The Bertz CT molecular complexity index is 406. The molecule has 2 aliphatic rings. The standard InChI is InChI=1S/C13H14N2/c14-10-13-8-12(13)6-7-15(13)9-11-4-2-1-3-5-11/h1-5,12H,6-9H2/t12-,13+/m1/s1. The molecule has 76 valence electrons. The van der Waals surface area contributed by atoms with Crippen molar-refractivity contribution >= 4 is 0 Å². The molecule has 2 heteroatoms. The third-order valence-corrected chi connectivity index (χ3v) is 3.79. The van der Waals surface area contributed by atoms with Gasteiger partial charge >= 0.3 is 0 Å². The van der Waals surface area contributed by atoms with Gasteiger partial charge in [0.2, 0.25) is 0 Å². The zero-order valence-electron chi connectivity index (χ0n) is 8.69. The summed E-state index contributed by atoms with van der Waals surface area (Å²) in [5.41, 5.74) is 1.23. The Morgan fingerprint density at radius 3 is 2.87 bits per heavy atom. The predicted octanol–water partition coefficient (Wildman–Crippen LogP) is 2.17. The smallest absolute Gasteiger partial charge is 0.112 e. The molecule has 1 aromatic carbocycles. The summed E-state index contributed by atoms with van der Waals surface area (Å²) in [5.74, 6) is 0.659. The van der Waals surface area contributed by atoms with Gasteiger partial charge in [-0.3, -0.25) is 4.90 Å². The summed E-state index contributed by atoms with van der Waals surface area (Å²) in [6.07, 6.45) is 2.30. The van der Waals surface area contributed by atoms with Gasteiger partial charge in [0.25, 0.3) is 0 Å². The highest BCUT2D eigenvalue weighted by Gasteiger charge is 2.62. The minimum Gasteiger partial charge on any atom is -0.281 e. The van der Waals surface area contributed by atoms with Crippen molar-refractivity contribution in [2.45, 2.75) is 24.9 Å². The van der Waals surface area contributed by atoms with Crippen molar-refractivity contribution in [2.24, 2.45) is 5.92 Å². The molecule has 2 atom stereocenters. The van der Waals surface area contributed by atoms with Crippen molar-refractivity contribution in [1.29, 1.82) is 5.26 Å². The quantitative estimate of drug-likeness (QED) is 0.728. The van der Waals surface area contributed by atoms with Crippen LogP contribution >= 0.6 is 0 Å². The maximum Gasteiger partial charge on any atom is 0.112 e. The van der Waals surface area contributed by atoms with Gasteiger partial charge in [-0.15, -0.1) is 0 Å². The number of piperidine rings is 1. The normalized spacial score (nSPS) is 33.4. The number of hydrogen-bond acceptors (Lipinski definition) is 2. The average Bonchev–Trinajstić information content (AvgIpc) is 2.92. The fourth-order valence-electron chi connectivity index (χ4n) is 2.79. The van der Waals surface area contributed by atoms with Gasteiger partial charge < -0.3 is 0 Å². The molecule has 15 heavy (non-hydrogen) atoms. The molecule has 0 spiro atoms. The second kappa shape index (κ2) is 3.08. The summed E-state index contributed by atoms with van der Waals surface area (Å²) < 4.78 is 0. The molecule has 0 bridgehead atoms. The van der Waals surface area contributed by atoms with Gasteiger partial charge in [0, 0.05) is 13.1 Å².